The van der Waals surface area contributed by atoms with Crippen molar-refractivity contribution < 1.29 is 4.52 Å². The summed E-state index contributed by atoms with van der Waals surface area (Å²) < 4.78 is 5.13. The third-order valence-corrected chi connectivity index (χ3v) is 3.45. The van der Waals surface area contributed by atoms with E-state index in [4.69, 9.17) is 10.3 Å². The molecule has 2 atom stereocenters. The smallest absolute Gasteiger partial charge is 0.243 e. The SMILES string of the molecule is CCN1CCCCC1Cc1noc(C(C)N)n1. The first-order valence-electron chi connectivity index (χ1n) is 6.52. The zero-order valence-corrected chi connectivity index (χ0v) is 10.7. The van der Waals surface area contributed by atoms with Gasteiger partial charge in [0.2, 0.25) is 5.89 Å². The van der Waals surface area contributed by atoms with Crippen molar-refractivity contribution >= 4 is 0 Å². The Morgan fingerprint density at radius 2 is 2.35 bits per heavy atom. The Morgan fingerprint density at radius 3 is 3.00 bits per heavy atom. The molecule has 0 aromatic carbocycles. The largest absolute Gasteiger partial charge is 0.338 e. The van der Waals surface area contributed by atoms with Gasteiger partial charge in [0.25, 0.3) is 0 Å². The molecule has 2 N–H and O–H groups in total. The number of likely N-dealkylation sites (tertiary alicyclic amines) is 1. The van der Waals surface area contributed by atoms with Gasteiger partial charge < -0.3 is 15.2 Å². The first kappa shape index (κ1) is 12.5. The Kier molecular flexibility index (Phi) is 4.12. The highest BCUT2D eigenvalue weighted by atomic mass is 16.5. The molecule has 1 saturated heterocycles. The maximum Gasteiger partial charge on any atom is 0.243 e. The fourth-order valence-electron chi connectivity index (χ4n) is 2.45. The number of rotatable bonds is 4. The van der Waals surface area contributed by atoms with Crippen LogP contribution in [0.5, 0.6) is 0 Å². The summed E-state index contributed by atoms with van der Waals surface area (Å²) in [4.78, 5) is 6.85. The normalized spacial score (nSPS) is 23.8. The van der Waals surface area contributed by atoms with E-state index in [1.54, 1.807) is 0 Å². The molecule has 0 radical (unpaired) electrons. The van der Waals surface area contributed by atoms with Gasteiger partial charge in [-0.2, -0.15) is 4.98 Å². The standard InChI is InChI=1S/C12H22N4O/c1-3-16-7-5-4-6-10(16)8-11-14-12(9(2)13)17-15-11/h9-10H,3-8,13H2,1-2H3. The summed E-state index contributed by atoms with van der Waals surface area (Å²) in [6.07, 6.45) is 4.72. The van der Waals surface area contributed by atoms with Crippen LogP contribution in [0, 0.1) is 0 Å². The van der Waals surface area contributed by atoms with Gasteiger partial charge in [0, 0.05) is 12.5 Å². The summed E-state index contributed by atoms with van der Waals surface area (Å²) in [6, 6.07) is 0.386. The van der Waals surface area contributed by atoms with Crippen LogP contribution in [0.4, 0.5) is 0 Å². The van der Waals surface area contributed by atoms with E-state index in [9.17, 15) is 0 Å². The maximum absolute atomic E-state index is 5.71. The number of likely N-dealkylation sites (N-methyl/N-ethyl adjacent to an activating group) is 1. The van der Waals surface area contributed by atoms with Crippen molar-refractivity contribution in [1.29, 1.82) is 0 Å². The zero-order valence-electron chi connectivity index (χ0n) is 10.7. The lowest BCUT2D eigenvalue weighted by atomic mass is 9.99. The topological polar surface area (TPSA) is 68.2 Å². The molecule has 0 saturated carbocycles. The minimum absolute atomic E-state index is 0.176. The molecule has 2 rings (SSSR count). The van der Waals surface area contributed by atoms with E-state index in [1.165, 1.54) is 25.8 Å². The summed E-state index contributed by atoms with van der Waals surface area (Å²) in [5.74, 6) is 1.33. The van der Waals surface area contributed by atoms with Crippen LogP contribution in [0.2, 0.25) is 0 Å². The van der Waals surface area contributed by atoms with Crippen molar-refractivity contribution in [2.75, 3.05) is 13.1 Å². The predicted molar refractivity (Wildman–Crippen MR) is 65.5 cm³/mol. The summed E-state index contributed by atoms with van der Waals surface area (Å²) in [7, 11) is 0. The fraction of sp³-hybridized carbons (Fsp3) is 0.833. The molecular weight excluding hydrogens is 216 g/mol. The van der Waals surface area contributed by atoms with Crippen LogP contribution in [-0.2, 0) is 6.42 Å². The Bertz CT molecular complexity index is 350. The van der Waals surface area contributed by atoms with Gasteiger partial charge in [-0.3, -0.25) is 0 Å². The Labute approximate surface area is 102 Å². The second kappa shape index (κ2) is 5.60. The van der Waals surface area contributed by atoms with Crippen LogP contribution < -0.4 is 5.73 Å². The molecule has 5 nitrogen and oxygen atoms in total. The van der Waals surface area contributed by atoms with Crippen LogP contribution in [-0.4, -0.2) is 34.2 Å². The quantitative estimate of drug-likeness (QED) is 0.861. The number of nitrogens with two attached hydrogens (primary N) is 1. The molecule has 0 spiro atoms. The summed E-state index contributed by atoms with van der Waals surface area (Å²) in [6.45, 7) is 6.36. The molecular formula is C12H22N4O. The van der Waals surface area contributed by atoms with E-state index in [2.05, 4.69) is 22.0 Å². The fourth-order valence-corrected chi connectivity index (χ4v) is 2.45. The van der Waals surface area contributed by atoms with Crippen molar-refractivity contribution in [3.8, 4) is 0 Å². The second-order valence-corrected chi connectivity index (χ2v) is 4.82. The van der Waals surface area contributed by atoms with Gasteiger partial charge in [-0.1, -0.05) is 18.5 Å². The van der Waals surface area contributed by atoms with Crippen LogP contribution in [0.15, 0.2) is 4.52 Å². The Hall–Kier alpha value is -0.940. The van der Waals surface area contributed by atoms with Gasteiger partial charge >= 0.3 is 0 Å². The summed E-state index contributed by atoms with van der Waals surface area (Å²) >= 11 is 0. The summed E-state index contributed by atoms with van der Waals surface area (Å²) in [5.41, 5.74) is 5.71. The van der Waals surface area contributed by atoms with E-state index in [1.807, 2.05) is 6.92 Å². The molecule has 2 unspecified atom stereocenters. The third-order valence-electron chi connectivity index (χ3n) is 3.45. The minimum Gasteiger partial charge on any atom is -0.338 e. The third kappa shape index (κ3) is 3.04. The first-order chi connectivity index (χ1) is 8.20. The zero-order chi connectivity index (χ0) is 12.3. The number of nitrogens with zero attached hydrogens (tertiary/aromatic N) is 3. The molecule has 17 heavy (non-hydrogen) atoms. The van der Waals surface area contributed by atoms with Crippen molar-refractivity contribution in [2.45, 2.75) is 51.6 Å². The highest BCUT2D eigenvalue weighted by Gasteiger charge is 2.23. The molecule has 1 fully saturated rings. The molecule has 0 amide bonds. The van der Waals surface area contributed by atoms with Crippen molar-refractivity contribution in [2.24, 2.45) is 5.73 Å². The average molecular weight is 238 g/mol. The van der Waals surface area contributed by atoms with Gasteiger partial charge in [-0.25, -0.2) is 0 Å². The highest BCUT2D eigenvalue weighted by molar-refractivity contribution is 4.94. The lowest BCUT2D eigenvalue weighted by Gasteiger charge is -2.34. The van der Waals surface area contributed by atoms with Gasteiger partial charge in [0.1, 0.15) is 0 Å². The number of piperidine rings is 1. The molecule has 1 aliphatic heterocycles. The van der Waals surface area contributed by atoms with E-state index in [-0.39, 0.29) is 6.04 Å². The molecule has 0 bridgehead atoms. The maximum atomic E-state index is 5.71. The van der Waals surface area contributed by atoms with E-state index in [0.717, 1.165) is 18.8 Å². The molecule has 1 aliphatic rings. The van der Waals surface area contributed by atoms with Crippen LogP contribution in [0.3, 0.4) is 0 Å². The lowest BCUT2D eigenvalue weighted by Crippen LogP contribution is -2.40. The van der Waals surface area contributed by atoms with Crippen LogP contribution in [0.25, 0.3) is 0 Å². The molecule has 5 heteroatoms. The van der Waals surface area contributed by atoms with Crippen molar-refractivity contribution in [3.63, 3.8) is 0 Å². The molecule has 1 aromatic rings. The average Bonchev–Trinajstić information content (AvgIpc) is 2.78. The van der Waals surface area contributed by atoms with Gasteiger partial charge in [0.05, 0.1) is 6.04 Å². The van der Waals surface area contributed by atoms with Gasteiger partial charge in [-0.15, -0.1) is 0 Å². The minimum atomic E-state index is -0.176. The number of hydrogen-bond acceptors (Lipinski definition) is 5. The number of hydrogen-bond donors (Lipinski definition) is 1. The molecule has 96 valence electrons. The molecule has 1 aromatic heterocycles. The van der Waals surface area contributed by atoms with Gasteiger partial charge in [-0.05, 0) is 32.9 Å². The second-order valence-electron chi connectivity index (χ2n) is 4.82. The molecule has 2 heterocycles. The van der Waals surface area contributed by atoms with Gasteiger partial charge in [0.15, 0.2) is 5.82 Å². The first-order valence-corrected chi connectivity index (χ1v) is 6.52. The lowest BCUT2D eigenvalue weighted by molar-refractivity contribution is 0.153. The molecule has 0 aliphatic carbocycles. The number of aromatic nitrogens is 2. The Balaban J connectivity index is 1.98. The van der Waals surface area contributed by atoms with E-state index >= 15 is 0 Å². The van der Waals surface area contributed by atoms with Crippen molar-refractivity contribution in [3.05, 3.63) is 11.7 Å². The monoisotopic (exact) mass is 238 g/mol. The Morgan fingerprint density at radius 1 is 1.53 bits per heavy atom. The highest BCUT2D eigenvalue weighted by Crippen LogP contribution is 2.19. The summed E-state index contributed by atoms with van der Waals surface area (Å²) in [5, 5.41) is 4.01. The van der Waals surface area contributed by atoms with E-state index in [0.29, 0.717) is 11.9 Å². The van der Waals surface area contributed by atoms with Crippen LogP contribution in [0.1, 0.15) is 50.9 Å². The van der Waals surface area contributed by atoms with E-state index < -0.39 is 0 Å². The van der Waals surface area contributed by atoms with Crippen molar-refractivity contribution in [1.82, 2.24) is 15.0 Å². The van der Waals surface area contributed by atoms with Crippen LogP contribution >= 0.6 is 0 Å². The predicted octanol–water partition coefficient (Wildman–Crippen LogP) is 1.51.